The van der Waals surface area contributed by atoms with Gasteiger partial charge in [-0.1, -0.05) is 219 Å². The molecule has 0 bridgehead atoms. The Kier molecular flexibility index (Phi) is 44.1. The van der Waals surface area contributed by atoms with Crippen LogP contribution in [0.15, 0.2) is 122 Å². The molecule has 0 aliphatic carbocycles. The zero-order valence-corrected chi connectivity index (χ0v) is 44.7. The fourth-order valence-electron chi connectivity index (χ4n) is 7.79. The Morgan fingerprint density at radius 2 is 1.07 bits per heavy atom. The van der Waals surface area contributed by atoms with Gasteiger partial charge in [0.1, 0.15) is 24.4 Å². The average Bonchev–Trinajstić information content (AvgIpc) is 3.38. The molecule has 11 nitrogen and oxygen atoms in total. The molecule has 8 atom stereocenters. The van der Waals surface area contributed by atoms with Gasteiger partial charge < -0.3 is 45.1 Å². The van der Waals surface area contributed by atoms with Gasteiger partial charge in [-0.05, 0) is 83.5 Å². The average molecular weight is 1010 g/mol. The molecular weight excluding hydrogens is 907 g/mol. The number of carbonyl (C=O) groups excluding carboxylic acids is 2. The number of ether oxygens (including phenoxy) is 3. The van der Waals surface area contributed by atoms with Gasteiger partial charge in [-0.25, -0.2) is 0 Å². The largest absolute Gasteiger partial charge is 0.454 e. The maximum absolute atomic E-state index is 13.3. The minimum Gasteiger partial charge on any atom is -0.454 e. The summed E-state index contributed by atoms with van der Waals surface area (Å²) in [5.74, 6) is -1.32. The number of rotatable bonds is 44. The lowest BCUT2D eigenvalue weighted by Gasteiger charge is -2.41. The molecule has 1 aliphatic heterocycles. The Labute approximate surface area is 436 Å². The number of aliphatic hydroxyl groups excluding tert-OH is 5. The zero-order chi connectivity index (χ0) is 52.5. The van der Waals surface area contributed by atoms with Crippen LogP contribution in [0.2, 0.25) is 0 Å². The van der Waals surface area contributed by atoms with Crippen molar-refractivity contribution in [3.63, 3.8) is 0 Å². The minimum atomic E-state index is -1.66. The lowest BCUT2D eigenvalue weighted by atomic mass is 9.99. The van der Waals surface area contributed by atoms with Crippen LogP contribution < -0.4 is 5.32 Å². The molecule has 0 aromatic carbocycles. The molecule has 0 radical (unpaired) electrons. The summed E-state index contributed by atoms with van der Waals surface area (Å²) in [6.07, 6.45) is 55.4. The van der Waals surface area contributed by atoms with Gasteiger partial charge in [0.05, 0.1) is 25.4 Å². The number of carbonyl (C=O) groups is 2. The van der Waals surface area contributed by atoms with Crippen LogP contribution in [0, 0.1) is 0 Å². The Hall–Kier alpha value is -3.94. The van der Waals surface area contributed by atoms with E-state index < -0.39 is 67.4 Å². The topological polar surface area (TPSA) is 175 Å². The van der Waals surface area contributed by atoms with E-state index in [4.69, 9.17) is 14.2 Å². The maximum atomic E-state index is 13.3. The Bertz CT molecular complexity index is 1630. The Balaban J connectivity index is 2.80. The Morgan fingerprint density at radius 3 is 1.62 bits per heavy atom. The summed E-state index contributed by atoms with van der Waals surface area (Å²) in [7, 11) is 0. The normalized spacial score (nSPS) is 20.5. The molecule has 1 amide bonds. The predicted molar refractivity (Wildman–Crippen MR) is 296 cm³/mol. The van der Waals surface area contributed by atoms with E-state index in [2.05, 4.69) is 99.0 Å². The highest BCUT2D eigenvalue weighted by molar-refractivity contribution is 5.80. The summed E-state index contributed by atoms with van der Waals surface area (Å²) >= 11 is 0. The van der Waals surface area contributed by atoms with Crippen LogP contribution in [0.3, 0.4) is 0 Å². The van der Waals surface area contributed by atoms with Gasteiger partial charge in [0.15, 0.2) is 12.4 Å². The third kappa shape index (κ3) is 36.1. The van der Waals surface area contributed by atoms with E-state index in [1.54, 1.807) is 6.08 Å². The van der Waals surface area contributed by atoms with Gasteiger partial charge in [-0.3, -0.25) is 9.59 Å². The molecule has 1 rings (SSSR count). The summed E-state index contributed by atoms with van der Waals surface area (Å²) in [5.41, 5.74) is 0. The highest BCUT2D eigenvalue weighted by Gasteiger charge is 2.47. The van der Waals surface area contributed by atoms with E-state index in [-0.39, 0.29) is 19.4 Å². The van der Waals surface area contributed by atoms with Gasteiger partial charge in [-0.2, -0.15) is 0 Å². The number of esters is 1. The monoisotopic (exact) mass is 1010 g/mol. The number of aliphatic hydroxyl groups is 5. The molecular formula is C61H99NO10. The first-order chi connectivity index (χ1) is 35.2. The number of hydrogen-bond acceptors (Lipinski definition) is 10. The van der Waals surface area contributed by atoms with E-state index >= 15 is 0 Å². The molecule has 11 heteroatoms. The Morgan fingerprint density at radius 1 is 0.569 bits per heavy atom. The number of unbranched alkanes of at least 4 members (excludes halogenated alkanes) is 14. The van der Waals surface area contributed by atoms with Gasteiger partial charge in [0, 0.05) is 6.42 Å². The third-order valence-corrected chi connectivity index (χ3v) is 12.2. The second-order valence-electron chi connectivity index (χ2n) is 18.6. The lowest BCUT2D eigenvalue weighted by Crippen LogP contribution is -2.61. The van der Waals surface area contributed by atoms with Gasteiger partial charge in [-0.15, -0.1) is 0 Å². The predicted octanol–water partition coefficient (Wildman–Crippen LogP) is 12.3. The first kappa shape index (κ1) is 66.1. The molecule has 0 aromatic rings. The lowest BCUT2D eigenvalue weighted by molar-refractivity contribution is -0.305. The molecule has 408 valence electrons. The van der Waals surface area contributed by atoms with Crippen molar-refractivity contribution in [1.29, 1.82) is 0 Å². The van der Waals surface area contributed by atoms with Crippen LogP contribution in [0.1, 0.15) is 188 Å². The molecule has 1 saturated heterocycles. The van der Waals surface area contributed by atoms with Crippen molar-refractivity contribution in [2.45, 2.75) is 237 Å². The first-order valence-electron chi connectivity index (χ1n) is 27.8. The fraction of sp³-hybridized carbons (Fsp3) is 0.639. The third-order valence-electron chi connectivity index (χ3n) is 12.2. The van der Waals surface area contributed by atoms with E-state index in [0.29, 0.717) is 19.3 Å². The van der Waals surface area contributed by atoms with Gasteiger partial charge >= 0.3 is 5.97 Å². The number of nitrogens with one attached hydrogen (secondary N) is 1. The number of allylic oxidation sites excluding steroid dienone is 19. The first-order valence-corrected chi connectivity index (χ1v) is 27.8. The SMILES string of the molecule is CC/C=C\C/C=C\C/C=C\C/C=C\C/C=C\C/C=C\CCC(=O)OC1C(OCC(NC(=O)C(O)CCCCCC\C=C/C=C/C=C/CC)C(O)/C=C/CCCCCCCCCCCC)OC(CO)C(O)C1O. The van der Waals surface area contributed by atoms with Crippen LogP contribution in [-0.2, 0) is 23.8 Å². The second-order valence-corrected chi connectivity index (χ2v) is 18.6. The fourth-order valence-corrected chi connectivity index (χ4v) is 7.79. The summed E-state index contributed by atoms with van der Waals surface area (Å²) in [6, 6.07) is -1.06. The smallest absolute Gasteiger partial charge is 0.306 e. The molecule has 1 fully saturated rings. The molecule has 1 aliphatic rings. The van der Waals surface area contributed by atoms with E-state index in [0.717, 1.165) is 89.9 Å². The summed E-state index contributed by atoms with van der Waals surface area (Å²) in [6.45, 7) is 5.44. The van der Waals surface area contributed by atoms with E-state index in [1.807, 2.05) is 42.5 Å². The van der Waals surface area contributed by atoms with Crippen LogP contribution in [0.4, 0.5) is 0 Å². The molecule has 72 heavy (non-hydrogen) atoms. The van der Waals surface area contributed by atoms with E-state index in [1.165, 1.54) is 44.9 Å². The van der Waals surface area contributed by atoms with Crippen LogP contribution in [0.25, 0.3) is 0 Å². The van der Waals surface area contributed by atoms with Gasteiger partial charge in [0.2, 0.25) is 5.91 Å². The van der Waals surface area contributed by atoms with Crippen molar-refractivity contribution in [3.8, 4) is 0 Å². The van der Waals surface area contributed by atoms with Crippen molar-refractivity contribution in [1.82, 2.24) is 5.32 Å². The number of amides is 1. The van der Waals surface area contributed by atoms with Crippen molar-refractivity contribution in [2.75, 3.05) is 13.2 Å². The van der Waals surface area contributed by atoms with Crippen LogP contribution >= 0.6 is 0 Å². The second kappa shape index (κ2) is 48.0. The van der Waals surface area contributed by atoms with Crippen LogP contribution in [-0.4, -0.2) is 99.6 Å². The van der Waals surface area contributed by atoms with Crippen molar-refractivity contribution in [3.05, 3.63) is 122 Å². The molecule has 0 saturated carbocycles. The molecule has 1 heterocycles. The maximum Gasteiger partial charge on any atom is 0.306 e. The van der Waals surface area contributed by atoms with E-state index in [9.17, 15) is 35.1 Å². The standard InChI is InChI=1S/C61H99NO10/c1-4-7-10-13-16-19-22-25-26-27-28-29-30-31-34-37-40-43-46-49-56(66)72-59-58(68)57(67)55(50-63)71-61(59)70-51-52(53(64)47-44-41-38-35-32-23-20-17-14-11-8-5-2)62-60(69)54(65)48-45-42-39-36-33-24-21-18-15-12-9-6-3/h7,9-10,12,15-16,18-19,21,24-26,28-29,31,34,40,43-44,47,52-55,57-59,61,63-65,67-68H,4-6,8,11,13-14,17,20,22-23,27,30,32-33,35-39,41-42,45-46,48-51H2,1-3H3,(H,62,69)/b10-7-,12-9+,18-15+,19-16-,24-21-,26-25-,29-28-,34-31-,43-40-,47-44+. The van der Waals surface area contributed by atoms with Crippen molar-refractivity contribution < 1.29 is 49.3 Å². The molecule has 0 spiro atoms. The number of hydrogen-bond donors (Lipinski definition) is 6. The van der Waals surface area contributed by atoms with Crippen molar-refractivity contribution >= 4 is 11.9 Å². The van der Waals surface area contributed by atoms with Crippen molar-refractivity contribution in [2.24, 2.45) is 0 Å². The van der Waals surface area contributed by atoms with Gasteiger partial charge in [0.25, 0.3) is 0 Å². The zero-order valence-electron chi connectivity index (χ0n) is 44.7. The highest BCUT2D eigenvalue weighted by Crippen LogP contribution is 2.26. The summed E-state index contributed by atoms with van der Waals surface area (Å²) < 4.78 is 17.5. The minimum absolute atomic E-state index is 0.0113. The highest BCUT2D eigenvalue weighted by atomic mass is 16.7. The quantitative estimate of drug-likeness (QED) is 0.0149. The molecule has 6 N–H and O–H groups in total. The summed E-state index contributed by atoms with van der Waals surface area (Å²) in [4.78, 5) is 26.4. The van der Waals surface area contributed by atoms with Crippen LogP contribution in [0.5, 0.6) is 0 Å². The molecule has 8 unspecified atom stereocenters. The summed E-state index contributed by atoms with van der Waals surface area (Å²) in [5, 5.41) is 56.7. The molecule has 0 aromatic heterocycles.